The number of hydrogen-bond donors (Lipinski definition) is 2. The van der Waals surface area contributed by atoms with Gasteiger partial charge in [-0.2, -0.15) is 0 Å². The summed E-state index contributed by atoms with van der Waals surface area (Å²) in [6.07, 6.45) is 1.46. The summed E-state index contributed by atoms with van der Waals surface area (Å²) in [7, 11) is 0. The highest BCUT2D eigenvalue weighted by Crippen LogP contribution is 2.30. The zero-order valence-electron chi connectivity index (χ0n) is 9.55. The summed E-state index contributed by atoms with van der Waals surface area (Å²) in [6.45, 7) is 0. The first-order chi connectivity index (χ1) is 9.15. The van der Waals surface area contributed by atoms with Crippen LogP contribution in [0.1, 0.15) is 0 Å². The molecule has 0 bridgehead atoms. The molecule has 0 radical (unpaired) electrons. The smallest absolute Gasteiger partial charge is 0.174 e. The maximum Gasteiger partial charge on any atom is 0.174 e. The van der Waals surface area contributed by atoms with Crippen molar-refractivity contribution in [3.63, 3.8) is 0 Å². The van der Waals surface area contributed by atoms with Crippen LogP contribution in [0.25, 0.3) is 11.0 Å². The molecule has 0 amide bonds. The zero-order valence-corrected chi connectivity index (χ0v) is 11.9. The number of imidazole rings is 1. The summed E-state index contributed by atoms with van der Waals surface area (Å²) >= 11 is 9.42. The van der Waals surface area contributed by atoms with Crippen molar-refractivity contribution in [2.75, 3.05) is 5.32 Å². The van der Waals surface area contributed by atoms with Crippen molar-refractivity contribution in [1.29, 1.82) is 0 Å². The van der Waals surface area contributed by atoms with Crippen LogP contribution in [0.2, 0.25) is 5.02 Å². The molecule has 1 heterocycles. The fraction of sp³-hybridized carbons (Fsp3) is 0. The normalized spacial score (nSPS) is 10.9. The molecule has 1 aromatic heterocycles. The summed E-state index contributed by atoms with van der Waals surface area (Å²) < 4.78 is 15.1. The number of nitrogens with zero attached hydrogens (tertiary/aromatic N) is 1. The van der Waals surface area contributed by atoms with Crippen LogP contribution in [0.5, 0.6) is 0 Å². The van der Waals surface area contributed by atoms with Crippen LogP contribution < -0.4 is 5.32 Å². The number of benzene rings is 2. The monoisotopic (exact) mass is 339 g/mol. The molecule has 0 unspecified atom stereocenters. The molecule has 6 heteroatoms. The maximum absolute atomic E-state index is 14.2. The first-order valence-corrected chi connectivity index (χ1v) is 6.66. The number of H-pyrrole nitrogens is 1. The van der Waals surface area contributed by atoms with Crippen LogP contribution in [0, 0.1) is 5.82 Å². The lowest BCUT2D eigenvalue weighted by atomic mass is 10.2. The van der Waals surface area contributed by atoms with Crippen molar-refractivity contribution in [1.82, 2.24) is 9.97 Å². The SMILES string of the molecule is Fc1c(Nc2ccc(Br)cc2Cl)ccc2[nH]cnc12. The van der Waals surface area contributed by atoms with E-state index in [2.05, 4.69) is 31.2 Å². The number of halogens is 3. The van der Waals surface area contributed by atoms with Gasteiger partial charge in [-0.05, 0) is 30.3 Å². The van der Waals surface area contributed by atoms with Crippen LogP contribution in [-0.4, -0.2) is 9.97 Å². The maximum atomic E-state index is 14.2. The van der Waals surface area contributed by atoms with Crippen LogP contribution in [0.4, 0.5) is 15.8 Å². The van der Waals surface area contributed by atoms with Crippen LogP contribution in [0.3, 0.4) is 0 Å². The van der Waals surface area contributed by atoms with E-state index in [4.69, 9.17) is 11.6 Å². The third kappa shape index (κ3) is 2.31. The number of fused-ring (bicyclic) bond motifs is 1. The number of hydrogen-bond acceptors (Lipinski definition) is 2. The molecule has 0 aliphatic heterocycles. The predicted octanol–water partition coefficient (Wildman–Crippen LogP) is 4.86. The van der Waals surface area contributed by atoms with Gasteiger partial charge < -0.3 is 10.3 Å². The second kappa shape index (κ2) is 4.83. The molecule has 2 aromatic carbocycles. The van der Waals surface area contributed by atoms with Gasteiger partial charge in [0.1, 0.15) is 5.52 Å². The third-order valence-corrected chi connectivity index (χ3v) is 3.54. The van der Waals surface area contributed by atoms with E-state index in [1.54, 1.807) is 24.3 Å². The van der Waals surface area contributed by atoms with Gasteiger partial charge >= 0.3 is 0 Å². The van der Waals surface area contributed by atoms with Gasteiger partial charge in [0.15, 0.2) is 5.82 Å². The van der Waals surface area contributed by atoms with Gasteiger partial charge in [-0.3, -0.25) is 0 Å². The van der Waals surface area contributed by atoms with Crippen LogP contribution in [-0.2, 0) is 0 Å². The number of rotatable bonds is 2. The molecule has 3 rings (SSSR count). The van der Waals surface area contributed by atoms with Crippen LogP contribution >= 0.6 is 27.5 Å². The lowest BCUT2D eigenvalue weighted by molar-refractivity contribution is 0.641. The first-order valence-electron chi connectivity index (χ1n) is 5.49. The number of aromatic amines is 1. The fourth-order valence-corrected chi connectivity index (χ4v) is 2.53. The van der Waals surface area contributed by atoms with E-state index in [0.29, 0.717) is 27.4 Å². The minimum absolute atomic E-state index is 0.304. The van der Waals surface area contributed by atoms with Crippen molar-refractivity contribution in [2.24, 2.45) is 0 Å². The molecule has 3 aromatic rings. The van der Waals surface area contributed by atoms with E-state index >= 15 is 0 Å². The minimum Gasteiger partial charge on any atom is -0.352 e. The average Bonchev–Trinajstić information content (AvgIpc) is 2.85. The van der Waals surface area contributed by atoms with Crippen molar-refractivity contribution >= 4 is 49.9 Å². The Balaban J connectivity index is 2.03. The molecular weight excluding hydrogens is 333 g/mol. The lowest BCUT2D eigenvalue weighted by Gasteiger charge is -2.09. The number of aromatic nitrogens is 2. The summed E-state index contributed by atoms with van der Waals surface area (Å²) in [5.74, 6) is -0.405. The Bertz CT molecular complexity index is 757. The molecule has 3 nitrogen and oxygen atoms in total. The van der Waals surface area contributed by atoms with Gasteiger partial charge in [0.05, 0.1) is 28.2 Å². The van der Waals surface area contributed by atoms with Crippen LogP contribution in [0.15, 0.2) is 41.1 Å². The standard InChI is InChI=1S/C13H8BrClFN3/c14-7-1-2-9(8(15)5-7)19-10-3-4-11-13(12(10)16)18-6-17-11/h1-6,19H,(H,17,18). The molecule has 0 saturated carbocycles. The largest absolute Gasteiger partial charge is 0.352 e. The lowest BCUT2D eigenvalue weighted by Crippen LogP contribution is -1.95. The Hall–Kier alpha value is -1.59. The number of nitrogens with one attached hydrogen (secondary N) is 2. The van der Waals surface area contributed by atoms with Gasteiger partial charge in [-0.1, -0.05) is 27.5 Å². The van der Waals surface area contributed by atoms with Gasteiger partial charge in [0.2, 0.25) is 0 Å². The van der Waals surface area contributed by atoms with E-state index in [1.807, 2.05) is 6.07 Å². The van der Waals surface area contributed by atoms with E-state index in [-0.39, 0.29) is 0 Å². The molecule has 96 valence electrons. The quantitative estimate of drug-likeness (QED) is 0.699. The van der Waals surface area contributed by atoms with Crippen molar-refractivity contribution < 1.29 is 4.39 Å². The Labute approximate surface area is 121 Å². The van der Waals surface area contributed by atoms with Gasteiger partial charge in [0.25, 0.3) is 0 Å². The van der Waals surface area contributed by atoms with Gasteiger partial charge in [0, 0.05) is 4.47 Å². The second-order valence-corrected chi connectivity index (χ2v) is 5.30. The molecule has 0 fully saturated rings. The van der Waals surface area contributed by atoms with Gasteiger partial charge in [-0.25, -0.2) is 9.37 Å². The zero-order chi connectivity index (χ0) is 13.4. The predicted molar refractivity (Wildman–Crippen MR) is 78.5 cm³/mol. The summed E-state index contributed by atoms with van der Waals surface area (Å²) in [6, 6.07) is 8.77. The van der Waals surface area contributed by atoms with E-state index < -0.39 is 5.82 Å². The topological polar surface area (TPSA) is 40.7 Å². The van der Waals surface area contributed by atoms with E-state index in [0.717, 1.165) is 4.47 Å². The molecule has 0 atom stereocenters. The highest BCUT2D eigenvalue weighted by Gasteiger charge is 2.10. The van der Waals surface area contributed by atoms with Crippen molar-refractivity contribution in [2.45, 2.75) is 0 Å². The molecule has 19 heavy (non-hydrogen) atoms. The highest BCUT2D eigenvalue weighted by atomic mass is 79.9. The summed E-state index contributed by atoms with van der Waals surface area (Å²) in [4.78, 5) is 6.81. The Kier molecular flexibility index (Phi) is 3.16. The van der Waals surface area contributed by atoms with Crippen molar-refractivity contribution in [3.8, 4) is 0 Å². The average molecular weight is 341 g/mol. The molecular formula is C13H8BrClFN3. The fourth-order valence-electron chi connectivity index (χ4n) is 1.81. The Morgan fingerprint density at radius 3 is 2.79 bits per heavy atom. The van der Waals surface area contributed by atoms with E-state index in [9.17, 15) is 4.39 Å². The minimum atomic E-state index is -0.405. The Morgan fingerprint density at radius 2 is 2.00 bits per heavy atom. The van der Waals surface area contributed by atoms with Crippen molar-refractivity contribution in [3.05, 3.63) is 52.0 Å². The highest BCUT2D eigenvalue weighted by molar-refractivity contribution is 9.10. The molecule has 0 aliphatic rings. The van der Waals surface area contributed by atoms with Gasteiger partial charge in [-0.15, -0.1) is 0 Å². The first kappa shape index (κ1) is 12.4. The third-order valence-electron chi connectivity index (χ3n) is 2.73. The molecule has 2 N–H and O–H groups in total. The Morgan fingerprint density at radius 1 is 1.21 bits per heavy atom. The summed E-state index contributed by atoms with van der Waals surface area (Å²) in [5.41, 5.74) is 1.94. The second-order valence-electron chi connectivity index (χ2n) is 3.97. The molecule has 0 saturated heterocycles. The van der Waals surface area contributed by atoms with E-state index in [1.165, 1.54) is 6.33 Å². The molecule has 0 spiro atoms. The molecule has 0 aliphatic carbocycles. The summed E-state index contributed by atoms with van der Waals surface area (Å²) in [5, 5.41) is 3.48. The number of anilines is 2.